The Kier molecular flexibility index (Phi) is 3.44. The maximum atomic E-state index is 5.88. The summed E-state index contributed by atoms with van der Waals surface area (Å²) in [4.78, 5) is 0. The number of furan rings is 1. The SMILES string of the molecule is Clc1ccc(NCc2ccc3cc(-c4nn[nH]n4)oc3c2)cc1. The molecule has 7 heteroatoms. The second-order valence-corrected chi connectivity index (χ2v) is 5.52. The second-order valence-electron chi connectivity index (χ2n) is 5.08. The lowest BCUT2D eigenvalue weighted by Crippen LogP contribution is -1.98. The molecular formula is C16H12ClN5O. The van der Waals surface area contributed by atoms with Gasteiger partial charge in [0.2, 0.25) is 5.82 Å². The summed E-state index contributed by atoms with van der Waals surface area (Å²) in [6.07, 6.45) is 0. The van der Waals surface area contributed by atoms with Crippen molar-refractivity contribution in [1.29, 1.82) is 0 Å². The summed E-state index contributed by atoms with van der Waals surface area (Å²) in [7, 11) is 0. The van der Waals surface area contributed by atoms with Crippen LogP contribution < -0.4 is 5.32 Å². The number of aromatic nitrogens is 4. The molecule has 2 heterocycles. The lowest BCUT2D eigenvalue weighted by Gasteiger charge is -2.06. The van der Waals surface area contributed by atoms with Gasteiger partial charge in [-0.3, -0.25) is 0 Å². The molecule has 0 bridgehead atoms. The summed E-state index contributed by atoms with van der Waals surface area (Å²) in [6.45, 7) is 0.690. The average Bonchev–Trinajstić information content (AvgIpc) is 3.23. The topological polar surface area (TPSA) is 79.6 Å². The Morgan fingerprint density at radius 1 is 1.09 bits per heavy atom. The van der Waals surface area contributed by atoms with Crippen LogP contribution in [0.2, 0.25) is 5.02 Å². The van der Waals surface area contributed by atoms with E-state index in [9.17, 15) is 0 Å². The summed E-state index contributed by atoms with van der Waals surface area (Å²) in [5, 5.41) is 18.9. The van der Waals surface area contributed by atoms with Crippen molar-refractivity contribution < 1.29 is 4.42 Å². The molecule has 23 heavy (non-hydrogen) atoms. The summed E-state index contributed by atoms with van der Waals surface area (Å²) in [5.41, 5.74) is 2.92. The van der Waals surface area contributed by atoms with Gasteiger partial charge in [0, 0.05) is 22.6 Å². The third-order valence-corrected chi connectivity index (χ3v) is 3.74. The van der Waals surface area contributed by atoms with Crippen molar-refractivity contribution in [2.24, 2.45) is 0 Å². The number of tetrazole rings is 1. The van der Waals surface area contributed by atoms with Crippen LogP contribution in [0.4, 0.5) is 5.69 Å². The number of nitrogens with zero attached hydrogens (tertiary/aromatic N) is 3. The van der Waals surface area contributed by atoms with E-state index < -0.39 is 0 Å². The van der Waals surface area contributed by atoms with Gasteiger partial charge in [-0.15, -0.1) is 10.2 Å². The molecule has 2 N–H and O–H groups in total. The number of rotatable bonds is 4. The lowest BCUT2D eigenvalue weighted by atomic mass is 10.1. The minimum atomic E-state index is 0.446. The Morgan fingerprint density at radius 2 is 1.96 bits per heavy atom. The number of hydrogen-bond donors (Lipinski definition) is 2. The van der Waals surface area contributed by atoms with Crippen molar-refractivity contribution in [3.63, 3.8) is 0 Å². The normalized spacial score (nSPS) is 11.0. The number of anilines is 1. The number of aromatic amines is 1. The van der Waals surface area contributed by atoms with Crippen LogP contribution in [0.25, 0.3) is 22.6 Å². The average molecular weight is 326 g/mol. The molecule has 0 fully saturated rings. The fourth-order valence-electron chi connectivity index (χ4n) is 2.33. The van der Waals surface area contributed by atoms with Crippen molar-refractivity contribution in [3.05, 3.63) is 59.1 Å². The van der Waals surface area contributed by atoms with E-state index in [0.717, 1.165) is 27.2 Å². The van der Waals surface area contributed by atoms with E-state index in [4.69, 9.17) is 16.0 Å². The summed E-state index contributed by atoms with van der Waals surface area (Å²) >= 11 is 5.88. The Hall–Kier alpha value is -2.86. The summed E-state index contributed by atoms with van der Waals surface area (Å²) < 4.78 is 5.79. The van der Waals surface area contributed by atoms with E-state index in [1.165, 1.54) is 0 Å². The smallest absolute Gasteiger partial charge is 0.239 e. The Labute approximate surface area is 136 Å². The number of H-pyrrole nitrogens is 1. The lowest BCUT2D eigenvalue weighted by molar-refractivity contribution is 0.625. The largest absolute Gasteiger partial charge is 0.453 e. The molecule has 0 spiro atoms. The van der Waals surface area contributed by atoms with Crippen LogP contribution in [-0.4, -0.2) is 20.6 Å². The van der Waals surface area contributed by atoms with Crippen molar-refractivity contribution in [3.8, 4) is 11.6 Å². The highest BCUT2D eigenvalue weighted by molar-refractivity contribution is 6.30. The molecular weight excluding hydrogens is 314 g/mol. The number of hydrogen-bond acceptors (Lipinski definition) is 5. The van der Waals surface area contributed by atoms with Crippen LogP contribution in [-0.2, 0) is 6.54 Å². The van der Waals surface area contributed by atoms with E-state index in [1.807, 2.05) is 42.5 Å². The van der Waals surface area contributed by atoms with E-state index >= 15 is 0 Å². The highest BCUT2D eigenvalue weighted by atomic mass is 35.5. The zero-order valence-corrected chi connectivity index (χ0v) is 12.7. The predicted octanol–water partition coefficient (Wildman–Crippen LogP) is 3.88. The molecule has 0 saturated carbocycles. The molecule has 0 unspecified atom stereocenters. The van der Waals surface area contributed by atoms with E-state index in [2.05, 4.69) is 32.0 Å². The van der Waals surface area contributed by atoms with Gasteiger partial charge < -0.3 is 9.73 Å². The van der Waals surface area contributed by atoms with Crippen molar-refractivity contribution in [1.82, 2.24) is 20.6 Å². The zero-order valence-electron chi connectivity index (χ0n) is 12.0. The molecule has 4 aromatic rings. The van der Waals surface area contributed by atoms with Gasteiger partial charge >= 0.3 is 0 Å². The maximum Gasteiger partial charge on any atom is 0.239 e. The minimum absolute atomic E-state index is 0.446. The molecule has 0 aliphatic heterocycles. The fraction of sp³-hybridized carbons (Fsp3) is 0.0625. The van der Waals surface area contributed by atoms with E-state index in [1.54, 1.807) is 0 Å². The number of halogens is 1. The molecule has 0 saturated heterocycles. The monoisotopic (exact) mass is 325 g/mol. The van der Waals surface area contributed by atoms with Crippen LogP contribution in [0.3, 0.4) is 0 Å². The first kappa shape index (κ1) is 13.8. The van der Waals surface area contributed by atoms with Gasteiger partial charge in [0.15, 0.2) is 5.76 Å². The fourth-order valence-corrected chi connectivity index (χ4v) is 2.46. The van der Waals surface area contributed by atoms with Gasteiger partial charge in [0.25, 0.3) is 0 Å². The Morgan fingerprint density at radius 3 is 2.74 bits per heavy atom. The molecule has 0 amide bonds. The third kappa shape index (κ3) is 2.89. The van der Waals surface area contributed by atoms with Crippen LogP contribution in [0.5, 0.6) is 0 Å². The van der Waals surface area contributed by atoms with Crippen LogP contribution in [0, 0.1) is 0 Å². The molecule has 2 aromatic carbocycles. The maximum absolute atomic E-state index is 5.88. The van der Waals surface area contributed by atoms with Gasteiger partial charge in [-0.25, -0.2) is 0 Å². The highest BCUT2D eigenvalue weighted by Crippen LogP contribution is 2.26. The summed E-state index contributed by atoms with van der Waals surface area (Å²) in [5.74, 6) is 1.04. The Bertz CT molecular complexity index is 931. The number of nitrogens with one attached hydrogen (secondary N) is 2. The van der Waals surface area contributed by atoms with Gasteiger partial charge in [-0.2, -0.15) is 5.21 Å². The second kappa shape index (κ2) is 5.73. The van der Waals surface area contributed by atoms with Gasteiger partial charge in [0.05, 0.1) is 0 Å². The zero-order chi connectivity index (χ0) is 15.6. The molecule has 0 aliphatic rings. The van der Waals surface area contributed by atoms with Gasteiger partial charge in [-0.05, 0) is 47.2 Å². The minimum Gasteiger partial charge on any atom is -0.453 e. The molecule has 0 radical (unpaired) electrons. The molecule has 0 atom stereocenters. The highest BCUT2D eigenvalue weighted by Gasteiger charge is 2.10. The third-order valence-electron chi connectivity index (χ3n) is 3.49. The number of benzene rings is 2. The first-order valence-electron chi connectivity index (χ1n) is 7.04. The molecule has 0 aliphatic carbocycles. The first-order chi connectivity index (χ1) is 11.3. The van der Waals surface area contributed by atoms with Gasteiger partial charge in [0.1, 0.15) is 5.58 Å². The van der Waals surface area contributed by atoms with Crippen molar-refractivity contribution in [2.75, 3.05) is 5.32 Å². The van der Waals surface area contributed by atoms with Crippen LogP contribution >= 0.6 is 11.6 Å². The molecule has 114 valence electrons. The first-order valence-corrected chi connectivity index (χ1v) is 7.41. The van der Waals surface area contributed by atoms with E-state index in [0.29, 0.717) is 18.1 Å². The van der Waals surface area contributed by atoms with Gasteiger partial charge in [-0.1, -0.05) is 23.7 Å². The number of fused-ring (bicyclic) bond motifs is 1. The predicted molar refractivity (Wildman–Crippen MR) is 88.2 cm³/mol. The quantitative estimate of drug-likeness (QED) is 0.595. The van der Waals surface area contributed by atoms with Crippen molar-refractivity contribution in [2.45, 2.75) is 6.54 Å². The summed E-state index contributed by atoms with van der Waals surface area (Å²) in [6, 6.07) is 15.6. The van der Waals surface area contributed by atoms with E-state index in [-0.39, 0.29) is 0 Å². The van der Waals surface area contributed by atoms with Crippen molar-refractivity contribution >= 4 is 28.3 Å². The molecule has 2 aromatic heterocycles. The Balaban J connectivity index is 1.55. The van der Waals surface area contributed by atoms with Crippen LogP contribution in [0.15, 0.2) is 52.9 Å². The standard InChI is InChI=1S/C16H12ClN5O/c17-12-3-5-13(6-4-12)18-9-10-1-2-11-8-15(23-14(11)7-10)16-19-21-22-20-16/h1-8,18H,9H2,(H,19,20,21,22). The molecule has 6 nitrogen and oxygen atoms in total. The molecule has 4 rings (SSSR count). The van der Waals surface area contributed by atoms with Crippen LogP contribution in [0.1, 0.15) is 5.56 Å².